The molecule has 1 N–H and O–H groups in total. The Morgan fingerprint density at radius 1 is 1.56 bits per heavy atom. The van der Waals surface area contributed by atoms with Crippen molar-refractivity contribution in [2.24, 2.45) is 5.92 Å². The third-order valence-corrected chi connectivity index (χ3v) is 3.64. The summed E-state index contributed by atoms with van der Waals surface area (Å²) in [5, 5.41) is 3.29. The lowest BCUT2D eigenvalue weighted by Crippen LogP contribution is -2.12. The van der Waals surface area contributed by atoms with Crippen molar-refractivity contribution in [2.45, 2.75) is 12.8 Å². The molecular weight excluding hydrogens is 273 g/mol. The Balaban J connectivity index is 2.25. The summed E-state index contributed by atoms with van der Waals surface area (Å²) in [6, 6.07) is 3.50. The lowest BCUT2D eigenvalue weighted by molar-refractivity contribution is 0.398. The van der Waals surface area contributed by atoms with E-state index in [9.17, 15) is 4.39 Å². The van der Waals surface area contributed by atoms with Crippen LogP contribution in [0.4, 0.5) is 4.39 Å². The van der Waals surface area contributed by atoms with Crippen LogP contribution in [0.25, 0.3) is 0 Å². The van der Waals surface area contributed by atoms with Crippen LogP contribution in [0.1, 0.15) is 12.0 Å². The van der Waals surface area contributed by atoms with Gasteiger partial charge in [-0.25, -0.2) is 4.39 Å². The minimum absolute atomic E-state index is 0.189. The number of hydrogen-bond acceptors (Lipinski definition) is 2. The molecule has 0 saturated carbocycles. The Morgan fingerprint density at radius 2 is 2.38 bits per heavy atom. The first-order chi connectivity index (χ1) is 7.72. The van der Waals surface area contributed by atoms with Gasteiger partial charge in [-0.3, -0.25) is 0 Å². The monoisotopic (exact) mass is 287 g/mol. The van der Waals surface area contributed by atoms with E-state index in [1.54, 1.807) is 13.2 Å². The van der Waals surface area contributed by atoms with Crippen LogP contribution >= 0.6 is 15.9 Å². The van der Waals surface area contributed by atoms with Crippen LogP contribution in [0.2, 0.25) is 0 Å². The predicted octanol–water partition coefficient (Wildman–Crippen LogP) is 2.75. The summed E-state index contributed by atoms with van der Waals surface area (Å²) >= 11 is 3.21. The van der Waals surface area contributed by atoms with Gasteiger partial charge in [0, 0.05) is 5.56 Å². The predicted molar refractivity (Wildman–Crippen MR) is 65.3 cm³/mol. The highest BCUT2D eigenvalue weighted by molar-refractivity contribution is 9.10. The fourth-order valence-electron chi connectivity index (χ4n) is 2.13. The maximum atomic E-state index is 14.0. The van der Waals surface area contributed by atoms with Crippen molar-refractivity contribution in [1.29, 1.82) is 0 Å². The van der Waals surface area contributed by atoms with E-state index in [1.165, 1.54) is 0 Å². The fraction of sp³-hybridized carbons (Fsp3) is 0.500. The Bertz CT molecular complexity index is 378. The first-order valence-corrected chi connectivity index (χ1v) is 6.23. The normalized spacial score (nSPS) is 20.1. The minimum atomic E-state index is -0.189. The maximum Gasteiger partial charge on any atom is 0.144 e. The van der Waals surface area contributed by atoms with Crippen molar-refractivity contribution >= 4 is 15.9 Å². The molecule has 16 heavy (non-hydrogen) atoms. The zero-order chi connectivity index (χ0) is 11.5. The molecule has 2 rings (SSSR count). The molecule has 1 fully saturated rings. The topological polar surface area (TPSA) is 21.3 Å². The van der Waals surface area contributed by atoms with Crippen molar-refractivity contribution in [3.05, 3.63) is 28.0 Å². The fourth-order valence-corrected chi connectivity index (χ4v) is 2.51. The first-order valence-electron chi connectivity index (χ1n) is 5.44. The van der Waals surface area contributed by atoms with Crippen molar-refractivity contribution < 1.29 is 9.13 Å². The van der Waals surface area contributed by atoms with Crippen molar-refractivity contribution in [1.82, 2.24) is 5.32 Å². The smallest absolute Gasteiger partial charge is 0.144 e. The molecule has 88 valence electrons. The molecule has 0 amide bonds. The van der Waals surface area contributed by atoms with Crippen LogP contribution in [0.15, 0.2) is 16.6 Å². The second kappa shape index (κ2) is 5.15. The van der Waals surface area contributed by atoms with Gasteiger partial charge in [-0.1, -0.05) is 0 Å². The van der Waals surface area contributed by atoms with Gasteiger partial charge in [0.1, 0.15) is 11.6 Å². The van der Waals surface area contributed by atoms with E-state index in [1.807, 2.05) is 6.07 Å². The minimum Gasteiger partial charge on any atom is -0.496 e. The number of benzene rings is 1. The number of methoxy groups -OCH3 is 1. The second-order valence-electron chi connectivity index (χ2n) is 4.11. The molecule has 1 saturated heterocycles. The largest absolute Gasteiger partial charge is 0.496 e. The summed E-state index contributed by atoms with van der Waals surface area (Å²) in [7, 11) is 1.58. The van der Waals surface area contributed by atoms with E-state index in [-0.39, 0.29) is 5.82 Å². The van der Waals surface area contributed by atoms with Gasteiger partial charge in [0.05, 0.1) is 11.6 Å². The summed E-state index contributed by atoms with van der Waals surface area (Å²) in [5.41, 5.74) is 0.686. The lowest BCUT2D eigenvalue weighted by atomic mass is 9.97. The maximum absolute atomic E-state index is 14.0. The summed E-state index contributed by atoms with van der Waals surface area (Å²) in [5.74, 6) is 0.969. The van der Waals surface area contributed by atoms with E-state index in [0.29, 0.717) is 21.7 Å². The highest BCUT2D eigenvalue weighted by atomic mass is 79.9. The zero-order valence-electron chi connectivity index (χ0n) is 9.22. The van der Waals surface area contributed by atoms with Gasteiger partial charge < -0.3 is 10.1 Å². The van der Waals surface area contributed by atoms with Crippen molar-refractivity contribution in [3.8, 4) is 5.75 Å². The molecule has 2 nitrogen and oxygen atoms in total. The van der Waals surface area contributed by atoms with Crippen LogP contribution in [0, 0.1) is 11.7 Å². The average molecular weight is 288 g/mol. The van der Waals surface area contributed by atoms with Crippen LogP contribution in [-0.2, 0) is 6.42 Å². The Labute approximate surface area is 103 Å². The third kappa shape index (κ3) is 2.38. The van der Waals surface area contributed by atoms with Crippen molar-refractivity contribution in [3.63, 3.8) is 0 Å². The van der Waals surface area contributed by atoms with E-state index in [4.69, 9.17) is 4.74 Å². The molecule has 1 aromatic rings. The van der Waals surface area contributed by atoms with E-state index >= 15 is 0 Å². The van der Waals surface area contributed by atoms with Crippen LogP contribution < -0.4 is 10.1 Å². The van der Waals surface area contributed by atoms with Gasteiger partial charge in [-0.15, -0.1) is 0 Å². The lowest BCUT2D eigenvalue weighted by Gasteiger charge is -2.14. The molecule has 1 atom stereocenters. The summed E-state index contributed by atoms with van der Waals surface area (Å²) in [4.78, 5) is 0. The molecule has 1 unspecified atom stereocenters. The van der Waals surface area contributed by atoms with Gasteiger partial charge >= 0.3 is 0 Å². The van der Waals surface area contributed by atoms with E-state index in [0.717, 1.165) is 25.9 Å². The van der Waals surface area contributed by atoms with E-state index < -0.39 is 0 Å². The summed E-state index contributed by atoms with van der Waals surface area (Å²) < 4.78 is 19.7. The molecule has 1 aliphatic heterocycles. The van der Waals surface area contributed by atoms with Crippen LogP contribution in [0.5, 0.6) is 5.75 Å². The molecule has 0 aromatic heterocycles. The quantitative estimate of drug-likeness (QED) is 0.923. The first kappa shape index (κ1) is 11.9. The van der Waals surface area contributed by atoms with Gasteiger partial charge in [0.2, 0.25) is 0 Å². The average Bonchev–Trinajstić information content (AvgIpc) is 2.78. The standard InChI is InChI=1S/C12H15BrFNO/c1-16-11-3-2-10(13)12(14)9(11)6-8-4-5-15-7-8/h2-3,8,15H,4-7H2,1H3. The van der Waals surface area contributed by atoms with Gasteiger partial charge in [0.25, 0.3) is 0 Å². The highest BCUT2D eigenvalue weighted by Gasteiger charge is 2.20. The molecule has 4 heteroatoms. The molecule has 1 aromatic carbocycles. The third-order valence-electron chi connectivity index (χ3n) is 3.03. The Morgan fingerprint density at radius 3 is 3.00 bits per heavy atom. The molecule has 1 heterocycles. The van der Waals surface area contributed by atoms with Gasteiger partial charge in [-0.2, -0.15) is 0 Å². The molecule has 0 bridgehead atoms. The number of halogens is 2. The number of nitrogens with one attached hydrogen (secondary N) is 1. The molecule has 0 radical (unpaired) electrons. The van der Waals surface area contributed by atoms with E-state index in [2.05, 4.69) is 21.2 Å². The van der Waals surface area contributed by atoms with Crippen LogP contribution in [0.3, 0.4) is 0 Å². The Hall–Kier alpha value is -0.610. The number of ether oxygens (including phenoxy) is 1. The number of hydrogen-bond donors (Lipinski definition) is 1. The SMILES string of the molecule is COc1ccc(Br)c(F)c1CC1CCNC1. The Kier molecular flexibility index (Phi) is 3.82. The molecular formula is C12H15BrFNO. The van der Waals surface area contributed by atoms with Crippen LogP contribution in [-0.4, -0.2) is 20.2 Å². The zero-order valence-corrected chi connectivity index (χ0v) is 10.8. The summed E-state index contributed by atoms with van der Waals surface area (Å²) in [6.45, 7) is 2.00. The van der Waals surface area contributed by atoms with Gasteiger partial charge in [-0.05, 0) is 59.9 Å². The van der Waals surface area contributed by atoms with Crippen molar-refractivity contribution in [2.75, 3.05) is 20.2 Å². The number of rotatable bonds is 3. The highest BCUT2D eigenvalue weighted by Crippen LogP contribution is 2.30. The molecule has 0 aliphatic carbocycles. The second-order valence-corrected chi connectivity index (χ2v) is 4.96. The summed E-state index contributed by atoms with van der Waals surface area (Å²) in [6.07, 6.45) is 1.84. The van der Waals surface area contributed by atoms with Gasteiger partial charge in [0.15, 0.2) is 0 Å². The molecule has 1 aliphatic rings. The molecule has 0 spiro atoms.